The van der Waals surface area contributed by atoms with Crippen LogP contribution in [0.4, 0.5) is 5.69 Å². The largest absolute Gasteiger partial charge is 0.755 e. The number of hydrogen-bond acceptors (Lipinski definition) is 6. The Balaban J connectivity index is 1.49. The molecule has 1 aliphatic rings. The molecule has 1 fully saturated rings. The second-order valence-electron chi connectivity index (χ2n) is 8.54. The number of carbonyl (C=O) groups is 1. The number of aromatic nitrogens is 1. The monoisotopic (exact) mass is 494 g/mol. The quantitative estimate of drug-likeness (QED) is 0.452. The van der Waals surface area contributed by atoms with Gasteiger partial charge in [-0.25, -0.2) is 4.79 Å². The highest BCUT2D eigenvalue weighted by Crippen LogP contribution is 2.31. The second-order valence-corrected chi connectivity index (χ2v) is 9.36. The van der Waals surface area contributed by atoms with Gasteiger partial charge < -0.3 is 14.4 Å². The predicted molar refractivity (Wildman–Crippen MR) is 133 cm³/mol. The van der Waals surface area contributed by atoms with Gasteiger partial charge in [0.25, 0.3) is 0 Å². The van der Waals surface area contributed by atoms with Crippen LogP contribution in [0.5, 0.6) is 5.75 Å². The summed E-state index contributed by atoms with van der Waals surface area (Å²) in [6.45, 7) is 2.05. The van der Waals surface area contributed by atoms with Crippen LogP contribution < -0.4 is 9.04 Å². The minimum Gasteiger partial charge on any atom is -0.755 e. The Labute approximate surface area is 207 Å². The van der Waals surface area contributed by atoms with Gasteiger partial charge in [0.05, 0.1) is 12.8 Å². The maximum atomic E-state index is 12.3. The third kappa shape index (κ3) is 6.05. The Morgan fingerprint density at radius 2 is 1.74 bits per heavy atom. The molecule has 1 N–H and O–H groups in total. The summed E-state index contributed by atoms with van der Waals surface area (Å²) in [5.41, 5.74) is 3.13. The molecule has 2 unspecified atom stereocenters. The van der Waals surface area contributed by atoms with E-state index in [2.05, 4.69) is 9.88 Å². The summed E-state index contributed by atoms with van der Waals surface area (Å²) in [7, 11) is 1.60. The van der Waals surface area contributed by atoms with Crippen LogP contribution in [0, 0.1) is 5.92 Å². The summed E-state index contributed by atoms with van der Waals surface area (Å²) in [5.74, 6) is -0.697. The molecule has 1 aromatic heterocycles. The Bertz CT molecular complexity index is 1130. The third-order valence-electron chi connectivity index (χ3n) is 6.40. The number of piperidine rings is 1. The highest BCUT2D eigenvalue weighted by atomic mass is 32.2. The van der Waals surface area contributed by atoms with Crippen molar-refractivity contribution in [3.05, 3.63) is 78.6 Å². The minimum absolute atomic E-state index is 0.299. The normalized spacial score (nSPS) is 16.4. The first-order valence-corrected chi connectivity index (χ1v) is 12.5. The number of carboxylic acids is 1. The zero-order chi connectivity index (χ0) is 24.8. The molecule has 2 atom stereocenters. The molecule has 0 saturated carbocycles. The first-order valence-electron chi connectivity index (χ1n) is 11.4. The molecular weight excluding hydrogens is 466 g/mol. The summed E-state index contributed by atoms with van der Waals surface area (Å²) in [5, 5.41) is 10.0. The lowest BCUT2D eigenvalue weighted by Gasteiger charge is -2.40. The molecule has 4 rings (SSSR count). The van der Waals surface area contributed by atoms with Gasteiger partial charge in [0.1, 0.15) is 11.8 Å². The zero-order valence-corrected chi connectivity index (χ0v) is 20.3. The average molecular weight is 495 g/mol. The number of carboxylic acid groups (broad SMARTS) is 1. The van der Waals surface area contributed by atoms with Gasteiger partial charge in [-0.15, -0.1) is 0 Å². The summed E-state index contributed by atoms with van der Waals surface area (Å²) in [6.07, 6.45) is 2.92. The van der Waals surface area contributed by atoms with Crippen molar-refractivity contribution in [2.75, 3.05) is 24.5 Å². The van der Waals surface area contributed by atoms with E-state index in [1.54, 1.807) is 37.6 Å². The molecule has 3 aromatic rings. The van der Waals surface area contributed by atoms with Crippen LogP contribution in [0.25, 0.3) is 11.1 Å². The summed E-state index contributed by atoms with van der Waals surface area (Å²) >= 11 is -2.74. The lowest BCUT2D eigenvalue weighted by molar-refractivity contribution is -0.140. The van der Waals surface area contributed by atoms with Gasteiger partial charge in [0.15, 0.2) is 0 Å². The molecule has 0 aliphatic carbocycles. The zero-order valence-electron chi connectivity index (χ0n) is 19.4. The van der Waals surface area contributed by atoms with Crippen molar-refractivity contribution in [1.82, 2.24) is 9.88 Å². The number of aliphatic carboxylic acids is 1. The summed E-state index contributed by atoms with van der Waals surface area (Å²) < 4.78 is 30.7. The third-order valence-corrected chi connectivity index (χ3v) is 7.16. The molecule has 1 aliphatic heterocycles. The molecule has 1 saturated heterocycles. The van der Waals surface area contributed by atoms with Gasteiger partial charge in [0, 0.05) is 29.7 Å². The number of nitrogens with zero attached hydrogens (tertiary/aromatic N) is 3. The van der Waals surface area contributed by atoms with Crippen molar-refractivity contribution < 1.29 is 23.4 Å². The van der Waals surface area contributed by atoms with E-state index >= 15 is 0 Å². The van der Waals surface area contributed by atoms with Crippen LogP contribution in [-0.4, -0.2) is 56.0 Å². The van der Waals surface area contributed by atoms with E-state index in [1.165, 1.54) is 0 Å². The molecular formula is C26H28N3O5S-. The first kappa shape index (κ1) is 24.8. The van der Waals surface area contributed by atoms with E-state index in [9.17, 15) is 18.7 Å². The van der Waals surface area contributed by atoms with Gasteiger partial charge in [0.2, 0.25) is 0 Å². The molecule has 2 aromatic carbocycles. The van der Waals surface area contributed by atoms with E-state index < -0.39 is 23.3 Å². The number of benzene rings is 2. The van der Waals surface area contributed by atoms with Crippen LogP contribution in [0.1, 0.15) is 18.5 Å². The van der Waals surface area contributed by atoms with Gasteiger partial charge in [-0.2, -0.15) is 0 Å². The highest BCUT2D eigenvalue weighted by Gasteiger charge is 2.37. The molecule has 184 valence electrons. The number of anilines is 1. The number of pyridine rings is 1. The van der Waals surface area contributed by atoms with Crippen molar-refractivity contribution in [1.29, 1.82) is 0 Å². The van der Waals surface area contributed by atoms with E-state index in [4.69, 9.17) is 4.74 Å². The lowest BCUT2D eigenvalue weighted by atomic mass is 9.89. The van der Waals surface area contributed by atoms with Crippen molar-refractivity contribution in [2.45, 2.75) is 25.4 Å². The van der Waals surface area contributed by atoms with Gasteiger partial charge in [-0.05, 0) is 79.4 Å². The SMILES string of the molecule is COc1ccc(-c2ccc(N(C(C(=O)O)C3CCN(Cc4ccccn4)CC3)S(=O)[O-])cc2)cc1. The molecule has 2 heterocycles. The number of hydrogen-bond donors (Lipinski definition) is 1. The standard InChI is InChI=1S/C26H29N3O5S/c1-34-24-11-7-20(8-12-24)19-5-9-23(10-6-19)29(35(32)33)25(26(30)31)21-13-16-28(17-14-21)18-22-4-2-3-15-27-22/h2-12,15,21,25H,13-14,16-18H2,1H3,(H,30,31)(H,32,33)/p-1. The highest BCUT2D eigenvalue weighted by molar-refractivity contribution is 7.80. The molecule has 35 heavy (non-hydrogen) atoms. The topological polar surface area (TPSA) is 106 Å². The van der Waals surface area contributed by atoms with Crippen LogP contribution in [0.2, 0.25) is 0 Å². The smallest absolute Gasteiger partial charge is 0.327 e. The maximum absolute atomic E-state index is 12.3. The van der Waals surface area contributed by atoms with Crippen molar-refractivity contribution in [3.8, 4) is 16.9 Å². The van der Waals surface area contributed by atoms with E-state index in [0.29, 0.717) is 38.2 Å². The predicted octanol–water partition coefficient (Wildman–Crippen LogP) is 3.72. The molecule has 8 nitrogen and oxygen atoms in total. The van der Waals surface area contributed by atoms with E-state index in [-0.39, 0.29) is 5.92 Å². The maximum Gasteiger partial charge on any atom is 0.327 e. The van der Waals surface area contributed by atoms with Gasteiger partial charge >= 0.3 is 5.97 Å². The Kier molecular flexibility index (Phi) is 8.12. The molecule has 0 spiro atoms. The number of likely N-dealkylation sites (tertiary alicyclic amines) is 1. The van der Waals surface area contributed by atoms with E-state index in [1.807, 2.05) is 42.5 Å². The number of rotatable bonds is 9. The Morgan fingerprint density at radius 3 is 2.26 bits per heavy atom. The average Bonchev–Trinajstić information content (AvgIpc) is 2.88. The van der Waals surface area contributed by atoms with Crippen LogP contribution in [0.15, 0.2) is 72.9 Å². The number of ether oxygens (including phenoxy) is 1. The van der Waals surface area contributed by atoms with Crippen LogP contribution in [-0.2, 0) is 22.6 Å². The number of methoxy groups -OCH3 is 1. The van der Waals surface area contributed by atoms with Gasteiger partial charge in [-0.3, -0.25) is 18.4 Å². The Morgan fingerprint density at radius 1 is 1.11 bits per heavy atom. The second kappa shape index (κ2) is 11.4. The van der Waals surface area contributed by atoms with E-state index in [0.717, 1.165) is 26.9 Å². The summed E-state index contributed by atoms with van der Waals surface area (Å²) in [6, 6.07) is 19.0. The molecule has 0 amide bonds. The fourth-order valence-electron chi connectivity index (χ4n) is 4.56. The van der Waals surface area contributed by atoms with Crippen LogP contribution in [0.3, 0.4) is 0 Å². The molecule has 0 bridgehead atoms. The Hall–Kier alpha value is -3.27. The first-order chi connectivity index (χ1) is 17.0. The lowest BCUT2D eigenvalue weighted by Crippen LogP contribution is -2.50. The molecule has 9 heteroatoms. The van der Waals surface area contributed by atoms with Crippen molar-refractivity contribution >= 4 is 22.9 Å². The van der Waals surface area contributed by atoms with Crippen molar-refractivity contribution in [3.63, 3.8) is 0 Å². The fraction of sp³-hybridized carbons (Fsp3) is 0.308. The molecule has 0 radical (unpaired) electrons. The minimum atomic E-state index is -2.74. The van der Waals surface area contributed by atoms with Crippen LogP contribution >= 0.6 is 0 Å². The van der Waals surface area contributed by atoms with Crippen molar-refractivity contribution in [2.24, 2.45) is 5.92 Å². The van der Waals surface area contributed by atoms with Gasteiger partial charge in [-0.1, -0.05) is 30.3 Å². The fourth-order valence-corrected chi connectivity index (χ4v) is 5.31. The summed E-state index contributed by atoms with van der Waals surface area (Å²) in [4.78, 5) is 18.9.